The second-order valence-electron chi connectivity index (χ2n) is 5.99. The first kappa shape index (κ1) is 16.5. The molecule has 0 atom stereocenters. The Morgan fingerprint density at radius 1 is 1.25 bits per heavy atom. The summed E-state index contributed by atoms with van der Waals surface area (Å²) in [5.74, 6) is 0.722. The van der Waals surface area contributed by atoms with Crippen molar-refractivity contribution in [2.45, 2.75) is 32.0 Å². The lowest BCUT2D eigenvalue weighted by molar-refractivity contribution is 0.145. The summed E-state index contributed by atoms with van der Waals surface area (Å²) in [5.41, 5.74) is 1.44. The lowest BCUT2D eigenvalue weighted by atomic mass is 10.1. The monoisotopic (exact) mass is 329 g/mol. The van der Waals surface area contributed by atoms with E-state index in [0.29, 0.717) is 50.5 Å². The third-order valence-corrected chi connectivity index (χ3v) is 4.22. The summed E-state index contributed by atoms with van der Waals surface area (Å²) in [6.45, 7) is 2.35. The van der Waals surface area contributed by atoms with Crippen molar-refractivity contribution >= 4 is 5.69 Å². The van der Waals surface area contributed by atoms with Gasteiger partial charge in [-0.15, -0.1) is 0 Å². The van der Waals surface area contributed by atoms with Crippen LogP contribution in [0.5, 0.6) is 0 Å². The van der Waals surface area contributed by atoms with E-state index in [1.165, 1.54) is 6.07 Å². The molecule has 1 aliphatic rings. The quantitative estimate of drug-likeness (QED) is 0.882. The number of halogens is 1. The summed E-state index contributed by atoms with van der Waals surface area (Å²) in [5, 5.41) is 21.4. The second-order valence-corrected chi connectivity index (χ2v) is 5.99. The van der Waals surface area contributed by atoms with E-state index in [0.717, 1.165) is 5.56 Å². The van der Waals surface area contributed by atoms with E-state index in [1.54, 1.807) is 18.2 Å². The molecule has 0 amide bonds. The number of hydrogen-bond acceptors (Lipinski definition) is 5. The van der Waals surface area contributed by atoms with Crippen molar-refractivity contribution in [3.8, 4) is 6.07 Å². The molecule has 0 spiro atoms. The molecular formula is C18H20FN3O2. The Hall–Kier alpha value is -2.36. The fourth-order valence-electron chi connectivity index (χ4n) is 2.89. The van der Waals surface area contributed by atoms with Gasteiger partial charge in [0.05, 0.1) is 18.3 Å². The fraction of sp³-hybridized carbons (Fsp3) is 0.389. The molecule has 1 fully saturated rings. The maximum atomic E-state index is 14.3. The Labute approximate surface area is 140 Å². The normalized spacial score (nSPS) is 15.5. The van der Waals surface area contributed by atoms with Crippen LogP contribution in [0.1, 0.15) is 29.9 Å². The van der Waals surface area contributed by atoms with Crippen LogP contribution in [-0.4, -0.2) is 24.3 Å². The smallest absolute Gasteiger partial charge is 0.203 e. The lowest BCUT2D eigenvalue weighted by Crippen LogP contribution is -2.36. The van der Waals surface area contributed by atoms with Crippen molar-refractivity contribution in [1.82, 2.24) is 5.32 Å². The van der Waals surface area contributed by atoms with E-state index < -0.39 is 0 Å². The molecule has 1 aromatic heterocycles. The van der Waals surface area contributed by atoms with Crippen LogP contribution in [0.25, 0.3) is 0 Å². The van der Waals surface area contributed by atoms with Crippen LogP contribution in [0.4, 0.5) is 10.1 Å². The fourth-order valence-corrected chi connectivity index (χ4v) is 2.89. The van der Waals surface area contributed by atoms with Gasteiger partial charge in [0.1, 0.15) is 17.6 Å². The van der Waals surface area contributed by atoms with Gasteiger partial charge in [-0.2, -0.15) is 5.26 Å². The number of nitrogens with one attached hydrogen (secondary N) is 1. The highest BCUT2D eigenvalue weighted by atomic mass is 19.1. The molecule has 2 N–H and O–H groups in total. The highest BCUT2D eigenvalue weighted by Gasteiger charge is 2.19. The molecule has 0 saturated carbocycles. The predicted octanol–water partition coefficient (Wildman–Crippen LogP) is 2.54. The first-order chi connectivity index (χ1) is 11.7. The van der Waals surface area contributed by atoms with Crippen molar-refractivity contribution in [3.63, 3.8) is 0 Å². The number of aliphatic hydroxyl groups is 1. The first-order valence-corrected chi connectivity index (χ1v) is 8.06. The number of furan rings is 1. The molecular weight excluding hydrogens is 309 g/mol. The van der Waals surface area contributed by atoms with Crippen LogP contribution >= 0.6 is 0 Å². The molecule has 2 aromatic rings. The molecule has 3 rings (SSSR count). The molecule has 0 bridgehead atoms. The van der Waals surface area contributed by atoms with Gasteiger partial charge >= 0.3 is 0 Å². The van der Waals surface area contributed by atoms with Gasteiger partial charge in [-0.05, 0) is 42.7 Å². The van der Waals surface area contributed by atoms with Crippen molar-refractivity contribution in [1.29, 1.82) is 5.26 Å². The van der Waals surface area contributed by atoms with Crippen molar-refractivity contribution in [2.24, 2.45) is 0 Å². The Morgan fingerprint density at radius 2 is 2.04 bits per heavy atom. The summed E-state index contributed by atoms with van der Waals surface area (Å²) >= 11 is 0. The average Bonchev–Trinajstić information content (AvgIpc) is 3.04. The highest BCUT2D eigenvalue weighted by Crippen LogP contribution is 2.24. The summed E-state index contributed by atoms with van der Waals surface area (Å²) < 4.78 is 19.6. The average molecular weight is 329 g/mol. The Bertz CT molecular complexity index is 730. The first-order valence-electron chi connectivity index (χ1n) is 8.06. The van der Waals surface area contributed by atoms with Gasteiger partial charge in [0.25, 0.3) is 0 Å². The Kier molecular flexibility index (Phi) is 5.14. The van der Waals surface area contributed by atoms with E-state index in [1.807, 2.05) is 17.0 Å². The van der Waals surface area contributed by atoms with E-state index in [2.05, 4.69) is 5.32 Å². The summed E-state index contributed by atoms with van der Waals surface area (Å²) in [6.07, 6.45) is 1.09. The van der Waals surface area contributed by atoms with Crippen LogP contribution < -0.4 is 10.2 Å². The minimum atomic E-state index is -0.268. The molecule has 1 saturated heterocycles. The van der Waals surface area contributed by atoms with E-state index in [-0.39, 0.29) is 17.7 Å². The van der Waals surface area contributed by atoms with E-state index in [9.17, 15) is 9.50 Å². The third-order valence-electron chi connectivity index (χ3n) is 4.22. The Morgan fingerprint density at radius 3 is 2.71 bits per heavy atom. The van der Waals surface area contributed by atoms with Gasteiger partial charge in [-0.25, -0.2) is 4.39 Å². The predicted molar refractivity (Wildman–Crippen MR) is 87.8 cm³/mol. The van der Waals surface area contributed by atoms with Crippen molar-refractivity contribution in [3.05, 3.63) is 53.2 Å². The molecule has 1 aliphatic heterocycles. The van der Waals surface area contributed by atoms with Crippen molar-refractivity contribution in [2.75, 3.05) is 18.0 Å². The standard InChI is InChI=1S/C18H20FN3O2/c19-17-9-13(11-21-12-16-3-2-15(10-20)24-16)1-4-18(17)22-7-5-14(23)6-8-22/h1-4,9,14,21,23H,5-8,11-12H2. The molecule has 126 valence electrons. The maximum Gasteiger partial charge on any atom is 0.203 e. The maximum absolute atomic E-state index is 14.3. The number of benzene rings is 1. The van der Waals surface area contributed by atoms with Crippen molar-refractivity contribution < 1.29 is 13.9 Å². The van der Waals surface area contributed by atoms with Gasteiger partial charge in [0, 0.05) is 19.6 Å². The topological polar surface area (TPSA) is 72.4 Å². The largest absolute Gasteiger partial charge is 0.449 e. The third kappa shape index (κ3) is 3.94. The molecule has 24 heavy (non-hydrogen) atoms. The number of nitrogens with zero attached hydrogens (tertiary/aromatic N) is 2. The zero-order valence-corrected chi connectivity index (χ0v) is 13.3. The highest BCUT2D eigenvalue weighted by molar-refractivity contribution is 5.49. The van der Waals surface area contributed by atoms with E-state index >= 15 is 0 Å². The molecule has 5 nitrogen and oxygen atoms in total. The van der Waals surface area contributed by atoms with Gasteiger partial charge in [-0.1, -0.05) is 6.07 Å². The molecule has 0 unspecified atom stereocenters. The van der Waals surface area contributed by atoms with Crippen LogP contribution in [-0.2, 0) is 13.1 Å². The number of nitriles is 1. The number of hydrogen-bond donors (Lipinski definition) is 2. The van der Waals surface area contributed by atoms with Gasteiger partial charge in [-0.3, -0.25) is 0 Å². The number of aliphatic hydroxyl groups excluding tert-OH is 1. The summed E-state index contributed by atoms with van der Waals surface area (Å²) in [6, 6.07) is 10.6. The van der Waals surface area contributed by atoms with Crippen LogP contribution in [0, 0.1) is 17.1 Å². The zero-order valence-electron chi connectivity index (χ0n) is 13.3. The number of anilines is 1. The molecule has 2 heterocycles. The van der Waals surface area contributed by atoms with Gasteiger partial charge in [0.2, 0.25) is 5.76 Å². The molecule has 6 heteroatoms. The minimum absolute atomic E-state index is 0.240. The SMILES string of the molecule is N#Cc1ccc(CNCc2ccc(N3CCC(O)CC3)c(F)c2)o1. The zero-order chi connectivity index (χ0) is 16.9. The minimum Gasteiger partial charge on any atom is -0.449 e. The molecule has 1 aromatic carbocycles. The number of rotatable bonds is 5. The second kappa shape index (κ2) is 7.47. The number of piperidine rings is 1. The van der Waals surface area contributed by atoms with E-state index in [4.69, 9.17) is 9.68 Å². The Balaban J connectivity index is 1.55. The van der Waals surface area contributed by atoms with Gasteiger partial charge in [0.15, 0.2) is 0 Å². The van der Waals surface area contributed by atoms with Crippen LogP contribution in [0.3, 0.4) is 0 Å². The van der Waals surface area contributed by atoms with Gasteiger partial charge < -0.3 is 19.7 Å². The summed E-state index contributed by atoms with van der Waals surface area (Å²) in [7, 11) is 0. The van der Waals surface area contributed by atoms with Crippen LogP contribution in [0.2, 0.25) is 0 Å². The summed E-state index contributed by atoms with van der Waals surface area (Å²) in [4.78, 5) is 1.98. The molecule has 0 aliphatic carbocycles. The molecule has 0 radical (unpaired) electrons. The van der Waals surface area contributed by atoms with Crippen LogP contribution in [0.15, 0.2) is 34.7 Å². The lowest BCUT2D eigenvalue weighted by Gasteiger charge is -2.31.